The van der Waals surface area contributed by atoms with Gasteiger partial charge in [-0.25, -0.2) is 0 Å². The Balaban J connectivity index is 1.81. The van der Waals surface area contributed by atoms with Crippen LogP contribution in [-0.4, -0.2) is 28.1 Å². The molecule has 0 aliphatic carbocycles. The summed E-state index contributed by atoms with van der Waals surface area (Å²) >= 11 is 6.39. The fraction of sp³-hybridized carbons (Fsp3) is 0.316. The van der Waals surface area contributed by atoms with Crippen LogP contribution in [0, 0.1) is 12.8 Å². The van der Waals surface area contributed by atoms with Crippen molar-refractivity contribution in [1.29, 1.82) is 0 Å². The van der Waals surface area contributed by atoms with E-state index in [4.69, 9.17) is 16.3 Å². The molecule has 2 heterocycles. The highest BCUT2D eigenvalue weighted by Gasteiger charge is 2.17. The van der Waals surface area contributed by atoms with Gasteiger partial charge in [-0.05, 0) is 43.2 Å². The van der Waals surface area contributed by atoms with E-state index in [9.17, 15) is 9.59 Å². The minimum atomic E-state index is -0.238. The van der Waals surface area contributed by atoms with Crippen molar-refractivity contribution in [1.82, 2.24) is 9.78 Å². The third kappa shape index (κ3) is 3.80. The molecule has 7 heteroatoms. The van der Waals surface area contributed by atoms with E-state index >= 15 is 0 Å². The summed E-state index contributed by atoms with van der Waals surface area (Å²) in [5.74, 6) is 0.537. The summed E-state index contributed by atoms with van der Waals surface area (Å²) in [6.45, 7) is 6.73. The van der Waals surface area contributed by atoms with Gasteiger partial charge in [-0.1, -0.05) is 25.4 Å². The summed E-state index contributed by atoms with van der Waals surface area (Å²) in [7, 11) is 0. The van der Waals surface area contributed by atoms with Gasteiger partial charge in [0.25, 0.3) is 5.91 Å². The maximum absolute atomic E-state index is 12.5. The van der Waals surface area contributed by atoms with Gasteiger partial charge in [-0.15, -0.1) is 0 Å². The van der Waals surface area contributed by atoms with Crippen molar-refractivity contribution in [2.45, 2.75) is 27.3 Å². The minimum Gasteiger partial charge on any atom is -0.482 e. The normalized spacial score (nSPS) is 13.7. The average Bonchev–Trinajstić information content (AvgIpc) is 2.85. The van der Waals surface area contributed by atoms with E-state index in [1.807, 2.05) is 6.92 Å². The Bertz CT molecular complexity index is 900. The first-order chi connectivity index (χ1) is 12.3. The summed E-state index contributed by atoms with van der Waals surface area (Å²) in [5.41, 5.74) is 2.45. The summed E-state index contributed by atoms with van der Waals surface area (Å²) in [4.78, 5) is 23.9. The third-order valence-corrected chi connectivity index (χ3v) is 4.34. The Hall–Kier alpha value is -2.60. The molecule has 0 spiro atoms. The molecule has 136 valence electrons. The van der Waals surface area contributed by atoms with Crippen molar-refractivity contribution in [3.63, 3.8) is 0 Å². The molecule has 1 aromatic carbocycles. The highest BCUT2D eigenvalue weighted by Crippen LogP contribution is 2.29. The lowest BCUT2D eigenvalue weighted by molar-refractivity contribution is -0.118. The van der Waals surface area contributed by atoms with Gasteiger partial charge in [-0.3, -0.25) is 14.3 Å². The molecule has 26 heavy (non-hydrogen) atoms. The largest absolute Gasteiger partial charge is 0.482 e. The van der Waals surface area contributed by atoms with Crippen LogP contribution in [0.3, 0.4) is 0 Å². The summed E-state index contributed by atoms with van der Waals surface area (Å²) in [6.07, 6.45) is 3.14. The van der Waals surface area contributed by atoms with E-state index in [1.165, 1.54) is 6.08 Å². The topological polar surface area (TPSA) is 73.2 Å². The van der Waals surface area contributed by atoms with Gasteiger partial charge >= 0.3 is 0 Å². The zero-order valence-corrected chi connectivity index (χ0v) is 15.6. The molecule has 0 radical (unpaired) electrons. The first-order valence-corrected chi connectivity index (χ1v) is 8.75. The van der Waals surface area contributed by atoms with Crippen LogP contribution in [0.1, 0.15) is 35.5 Å². The first kappa shape index (κ1) is 18.2. The molecule has 1 aliphatic heterocycles. The molecule has 0 saturated carbocycles. The zero-order valence-electron chi connectivity index (χ0n) is 14.9. The number of allylic oxidation sites excluding steroid dienone is 1. The SMILES string of the molecule is Cc1nn(CC(C)C)c(Cl)c1/C=C/C(=O)c1ccc2c(c1)NC(=O)CO2. The van der Waals surface area contributed by atoms with Gasteiger partial charge in [0.1, 0.15) is 10.9 Å². The molecule has 0 unspecified atom stereocenters. The van der Waals surface area contributed by atoms with E-state index in [-0.39, 0.29) is 18.3 Å². The number of halogens is 1. The summed E-state index contributed by atoms with van der Waals surface area (Å²) < 4.78 is 7.04. The summed E-state index contributed by atoms with van der Waals surface area (Å²) in [6, 6.07) is 4.95. The molecule has 2 aromatic rings. The fourth-order valence-corrected chi connectivity index (χ4v) is 3.02. The van der Waals surface area contributed by atoms with E-state index in [2.05, 4.69) is 24.3 Å². The van der Waals surface area contributed by atoms with Crippen molar-refractivity contribution in [2.75, 3.05) is 11.9 Å². The maximum atomic E-state index is 12.5. The van der Waals surface area contributed by atoms with E-state index in [0.29, 0.717) is 34.6 Å². The monoisotopic (exact) mass is 373 g/mol. The van der Waals surface area contributed by atoms with Gasteiger partial charge in [0.15, 0.2) is 12.4 Å². The van der Waals surface area contributed by atoms with E-state index in [0.717, 1.165) is 11.3 Å². The molecule has 1 aliphatic rings. The lowest BCUT2D eigenvalue weighted by atomic mass is 10.1. The molecule has 1 aromatic heterocycles. The lowest BCUT2D eigenvalue weighted by Gasteiger charge is -2.17. The van der Waals surface area contributed by atoms with Crippen LogP contribution in [0.15, 0.2) is 24.3 Å². The van der Waals surface area contributed by atoms with Gasteiger partial charge < -0.3 is 10.1 Å². The highest BCUT2D eigenvalue weighted by atomic mass is 35.5. The smallest absolute Gasteiger partial charge is 0.262 e. The number of rotatable bonds is 5. The maximum Gasteiger partial charge on any atom is 0.262 e. The van der Waals surface area contributed by atoms with Crippen LogP contribution in [0.4, 0.5) is 5.69 Å². The number of hydrogen-bond donors (Lipinski definition) is 1. The number of carbonyl (C=O) groups is 2. The number of aryl methyl sites for hydroxylation is 1. The average molecular weight is 374 g/mol. The summed E-state index contributed by atoms with van der Waals surface area (Å²) in [5, 5.41) is 7.64. The van der Waals surface area contributed by atoms with Gasteiger partial charge in [-0.2, -0.15) is 5.10 Å². The predicted octanol–water partition coefficient (Wildman–Crippen LogP) is 3.73. The molecular formula is C19H20ClN3O3. The second-order valence-electron chi connectivity index (χ2n) is 6.61. The number of benzene rings is 1. The number of ketones is 1. The second-order valence-corrected chi connectivity index (χ2v) is 6.97. The van der Waals surface area contributed by atoms with E-state index in [1.54, 1.807) is 29.0 Å². The third-order valence-electron chi connectivity index (χ3n) is 3.95. The number of carbonyl (C=O) groups excluding carboxylic acids is 2. The number of ether oxygens (including phenoxy) is 1. The van der Waals surface area contributed by atoms with Crippen LogP contribution in [0.5, 0.6) is 5.75 Å². The quantitative estimate of drug-likeness (QED) is 0.640. The number of fused-ring (bicyclic) bond motifs is 1. The van der Waals surface area contributed by atoms with Crippen molar-refractivity contribution in [3.8, 4) is 5.75 Å². The Labute approximate surface area is 156 Å². The van der Waals surface area contributed by atoms with Gasteiger partial charge in [0.05, 0.1) is 11.4 Å². The fourth-order valence-electron chi connectivity index (χ4n) is 2.71. The molecular weight excluding hydrogens is 354 g/mol. The number of anilines is 1. The number of amides is 1. The standard InChI is InChI=1S/C19H20ClN3O3/c1-11(2)9-23-19(20)14(12(3)22-23)5-6-16(24)13-4-7-17-15(8-13)21-18(25)10-26-17/h4-8,11H,9-10H2,1-3H3,(H,21,25)/b6-5+. The predicted molar refractivity (Wildman–Crippen MR) is 101 cm³/mol. The zero-order chi connectivity index (χ0) is 18.8. The number of nitrogens with zero attached hydrogens (tertiary/aromatic N) is 2. The van der Waals surface area contributed by atoms with Crippen molar-refractivity contribution >= 4 is 35.1 Å². The van der Waals surface area contributed by atoms with Crippen LogP contribution < -0.4 is 10.1 Å². The molecule has 1 N–H and O–H groups in total. The molecule has 6 nitrogen and oxygen atoms in total. The van der Waals surface area contributed by atoms with Gasteiger partial charge in [0, 0.05) is 17.7 Å². The highest BCUT2D eigenvalue weighted by molar-refractivity contribution is 6.31. The van der Waals surface area contributed by atoms with Crippen molar-refractivity contribution in [3.05, 3.63) is 46.2 Å². The number of hydrogen-bond acceptors (Lipinski definition) is 4. The molecule has 0 saturated heterocycles. The first-order valence-electron chi connectivity index (χ1n) is 8.37. The molecule has 0 bridgehead atoms. The Kier molecular flexibility index (Phi) is 5.13. The van der Waals surface area contributed by atoms with Crippen LogP contribution in [0.2, 0.25) is 5.15 Å². The Morgan fingerprint density at radius 2 is 2.23 bits per heavy atom. The minimum absolute atomic E-state index is 0.0155. The lowest BCUT2D eigenvalue weighted by Crippen LogP contribution is -2.25. The van der Waals surface area contributed by atoms with Crippen LogP contribution >= 0.6 is 11.6 Å². The second kappa shape index (κ2) is 7.33. The Morgan fingerprint density at radius 3 is 2.96 bits per heavy atom. The Morgan fingerprint density at radius 1 is 1.46 bits per heavy atom. The van der Waals surface area contributed by atoms with Crippen LogP contribution in [-0.2, 0) is 11.3 Å². The van der Waals surface area contributed by atoms with Gasteiger partial charge in [0.2, 0.25) is 0 Å². The molecule has 3 rings (SSSR count). The van der Waals surface area contributed by atoms with Crippen molar-refractivity contribution < 1.29 is 14.3 Å². The number of aromatic nitrogens is 2. The van der Waals surface area contributed by atoms with Crippen LogP contribution in [0.25, 0.3) is 6.08 Å². The molecule has 1 amide bonds. The molecule has 0 fully saturated rings. The van der Waals surface area contributed by atoms with Crippen molar-refractivity contribution in [2.24, 2.45) is 5.92 Å². The number of nitrogens with one attached hydrogen (secondary N) is 1. The molecule has 0 atom stereocenters. The van der Waals surface area contributed by atoms with E-state index < -0.39 is 0 Å².